The second-order valence-electron chi connectivity index (χ2n) is 4.32. The van der Waals surface area contributed by atoms with Crippen LogP contribution in [0.3, 0.4) is 0 Å². The molecular formula is C10H18F3N3. The lowest BCUT2D eigenvalue weighted by atomic mass is 10.2. The van der Waals surface area contributed by atoms with Crippen LogP contribution in [0.2, 0.25) is 0 Å². The monoisotopic (exact) mass is 237 g/mol. The number of aliphatic imine (C=N–C) groups is 1. The van der Waals surface area contributed by atoms with Crippen LogP contribution in [0.5, 0.6) is 0 Å². The fraction of sp³-hybridized carbons (Fsp3) is 0.900. The van der Waals surface area contributed by atoms with Crippen molar-refractivity contribution in [1.29, 1.82) is 0 Å². The van der Waals surface area contributed by atoms with Gasteiger partial charge in [0.15, 0.2) is 5.96 Å². The summed E-state index contributed by atoms with van der Waals surface area (Å²) in [6, 6.07) is -0.546. The molecule has 0 spiro atoms. The Morgan fingerprint density at radius 3 is 2.50 bits per heavy atom. The molecule has 0 aliphatic heterocycles. The highest BCUT2D eigenvalue weighted by Gasteiger charge is 2.30. The minimum absolute atomic E-state index is 0.128. The lowest BCUT2D eigenvalue weighted by molar-refractivity contribution is -0.138. The van der Waals surface area contributed by atoms with Crippen molar-refractivity contribution in [1.82, 2.24) is 5.32 Å². The van der Waals surface area contributed by atoms with Gasteiger partial charge in [0.1, 0.15) is 0 Å². The van der Waals surface area contributed by atoms with Crippen molar-refractivity contribution in [2.75, 3.05) is 0 Å². The Bertz CT molecular complexity index is 244. The Balaban J connectivity index is 2.34. The third-order valence-electron chi connectivity index (χ3n) is 2.58. The van der Waals surface area contributed by atoms with E-state index in [1.165, 1.54) is 6.92 Å². The van der Waals surface area contributed by atoms with Gasteiger partial charge in [-0.1, -0.05) is 12.8 Å². The zero-order valence-corrected chi connectivity index (χ0v) is 9.35. The van der Waals surface area contributed by atoms with Gasteiger partial charge in [-0.2, -0.15) is 13.2 Å². The smallest absolute Gasteiger partial charge is 0.370 e. The Kier molecular flexibility index (Phi) is 4.44. The van der Waals surface area contributed by atoms with Crippen LogP contribution in [0.15, 0.2) is 4.99 Å². The van der Waals surface area contributed by atoms with Crippen molar-refractivity contribution in [3.8, 4) is 0 Å². The summed E-state index contributed by atoms with van der Waals surface area (Å²) < 4.78 is 36.1. The van der Waals surface area contributed by atoms with Crippen molar-refractivity contribution in [3.05, 3.63) is 0 Å². The fourth-order valence-corrected chi connectivity index (χ4v) is 1.92. The molecule has 1 saturated carbocycles. The maximum absolute atomic E-state index is 12.0. The van der Waals surface area contributed by atoms with Crippen LogP contribution >= 0.6 is 0 Å². The molecule has 1 unspecified atom stereocenters. The molecule has 3 nitrogen and oxygen atoms in total. The lowest BCUT2D eigenvalue weighted by Gasteiger charge is -2.17. The molecular weight excluding hydrogens is 219 g/mol. The van der Waals surface area contributed by atoms with E-state index < -0.39 is 18.6 Å². The molecule has 0 aromatic heterocycles. The zero-order chi connectivity index (χ0) is 12.2. The molecule has 1 aliphatic rings. The Morgan fingerprint density at radius 2 is 2.00 bits per heavy atom. The fourth-order valence-electron chi connectivity index (χ4n) is 1.92. The third-order valence-corrected chi connectivity index (χ3v) is 2.58. The minimum Gasteiger partial charge on any atom is -0.370 e. The Morgan fingerprint density at radius 1 is 1.44 bits per heavy atom. The van der Waals surface area contributed by atoms with Gasteiger partial charge in [0.05, 0.1) is 12.5 Å². The van der Waals surface area contributed by atoms with Crippen molar-refractivity contribution in [2.45, 2.75) is 57.3 Å². The highest BCUT2D eigenvalue weighted by molar-refractivity contribution is 5.78. The van der Waals surface area contributed by atoms with E-state index in [9.17, 15) is 13.2 Å². The van der Waals surface area contributed by atoms with E-state index in [4.69, 9.17) is 5.73 Å². The molecule has 3 N–H and O–H groups in total. The number of halogens is 3. The lowest BCUT2D eigenvalue weighted by Crippen LogP contribution is -2.41. The quantitative estimate of drug-likeness (QED) is 0.584. The maximum atomic E-state index is 12.0. The predicted octanol–water partition coefficient (Wildman–Crippen LogP) is 2.17. The molecule has 0 amide bonds. The molecule has 16 heavy (non-hydrogen) atoms. The summed E-state index contributed by atoms with van der Waals surface area (Å²) in [5.74, 6) is 0.128. The number of hydrogen-bond acceptors (Lipinski definition) is 1. The summed E-state index contributed by atoms with van der Waals surface area (Å²) in [4.78, 5) is 4.16. The third kappa shape index (κ3) is 5.23. The van der Waals surface area contributed by atoms with E-state index in [-0.39, 0.29) is 12.0 Å². The maximum Gasteiger partial charge on any atom is 0.391 e. The van der Waals surface area contributed by atoms with Gasteiger partial charge in [-0.05, 0) is 19.8 Å². The summed E-state index contributed by atoms with van der Waals surface area (Å²) in [6.45, 7) is 1.45. The van der Waals surface area contributed by atoms with E-state index in [1.807, 2.05) is 0 Å². The largest absolute Gasteiger partial charge is 0.391 e. The van der Waals surface area contributed by atoms with Crippen molar-refractivity contribution < 1.29 is 13.2 Å². The number of nitrogens with one attached hydrogen (secondary N) is 1. The van der Waals surface area contributed by atoms with Gasteiger partial charge in [-0.15, -0.1) is 0 Å². The van der Waals surface area contributed by atoms with Crippen molar-refractivity contribution in [2.24, 2.45) is 10.7 Å². The van der Waals surface area contributed by atoms with E-state index >= 15 is 0 Å². The average Bonchev–Trinajstić information content (AvgIpc) is 2.51. The normalized spacial score (nSPS) is 21.1. The number of hydrogen-bond donors (Lipinski definition) is 2. The number of guanidine groups is 1. The van der Waals surface area contributed by atoms with E-state index in [2.05, 4.69) is 10.3 Å². The van der Waals surface area contributed by atoms with E-state index in [0.717, 1.165) is 25.7 Å². The van der Waals surface area contributed by atoms with Crippen LogP contribution in [0, 0.1) is 0 Å². The predicted molar refractivity (Wildman–Crippen MR) is 57.1 cm³/mol. The summed E-state index contributed by atoms with van der Waals surface area (Å²) >= 11 is 0. The molecule has 1 rings (SSSR count). The molecule has 1 atom stereocenters. The summed E-state index contributed by atoms with van der Waals surface area (Å²) in [5, 5.41) is 2.57. The number of rotatable bonds is 3. The Labute approximate surface area is 93.3 Å². The zero-order valence-electron chi connectivity index (χ0n) is 9.35. The van der Waals surface area contributed by atoms with E-state index in [0.29, 0.717) is 0 Å². The molecule has 0 bridgehead atoms. The van der Waals surface area contributed by atoms with Gasteiger partial charge in [-0.25, -0.2) is 0 Å². The number of alkyl halides is 3. The SMILES string of the molecule is CC(CC(F)(F)F)NC(N)=NC1CCCC1. The van der Waals surface area contributed by atoms with Crippen LogP contribution in [0.25, 0.3) is 0 Å². The number of nitrogens with zero attached hydrogens (tertiary/aromatic N) is 1. The second kappa shape index (κ2) is 5.41. The molecule has 0 saturated heterocycles. The van der Waals surface area contributed by atoms with Gasteiger partial charge in [-0.3, -0.25) is 4.99 Å². The van der Waals surface area contributed by atoms with Gasteiger partial charge < -0.3 is 11.1 Å². The minimum atomic E-state index is -4.17. The first-order valence-electron chi connectivity index (χ1n) is 5.53. The summed E-state index contributed by atoms with van der Waals surface area (Å²) in [5.41, 5.74) is 5.54. The van der Waals surface area contributed by atoms with Crippen molar-refractivity contribution in [3.63, 3.8) is 0 Å². The number of nitrogens with two attached hydrogens (primary N) is 1. The van der Waals surface area contributed by atoms with Crippen LogP contribution in [-0.2, 0) is 0 Å². The van der Waals surface area contributed by atoms with Gasteiger partial charge >= 0.3 is 6.18 Å². The molecule has 0 radical (unpaired) electrons. The molecule has 0 aromatic rings. The van der Waals surface area contributed by atoms with Crippen LogP contribution in [0.1, 0.15) is 39.0 Å². The van der Waals surface area contributed by atoms with Gasteiger partial charge in [0.25, 0.3) is 0 Å². The Hall–Kier alpha value is -0.940. The first kappa shape index (κ1) is 13.1. The average molecular weight is 237 g/mol. The first-order chi connectivity index (χ1) is 7.37. The highest BCUT2D eigenvalue weighted by Crippen LogP contribution is 2.22. The molecule has 6 heteroatoms. The van der Waals surface area contributed by atoms with E-state index in [1.54, 1.807) is 0 Å². The summed E-state index contributed by atoms with van der Waals surface area (Å²) in [7, 11) is 0. The molecule has 94 valence electrons. The molecule has 1 aliphatic carbocycles. The van der Waals surface area contributed by atoms with Crippen molar-refractivity contribution >= 4 is 5.96 Å². The van der Waals surface area contributed by atoms with Crippen LogP contribution in [0.4, 0.5) is 13.2 Å². The van der Waals surface area contributed by atoms with Gasteiger partial charge in [0, 0.05) is 6.04 Å². The molecule has 0 heterocycles. The summed E-state index contributed by atoms with van der Waals surface area (Å²) in [6.07, 6.45) is -0.848. The highest BCUT2D eigenvalue weighted by atomic mass is 19.4. The molecule has 1 fully saturated rings. The topological polar surface area (TPSA) is 50.4 Å². The second-order valence-corrected chi connectivity index (χ2v) is 4.32. The molecule has 0 aromatic carbocycles. The van der Waals surface area contributed by atoms with Gasteiger partial charge in [0.2, 0.25) is 0 Å². The van der Waals surface area contributed by atoms with Crippen LogP contribution in [-0.4, -0.2) is 24.2 Å². The van der Waals surface area contributed by atoms with Crippen LogP contribution < -0.4 is 11.1 Å². The first-order valence-corrected chi connectivity index (χ1v) is 5.53. The standard InChI is InChI=1S/C10H18F3N3/c1-7(6-10(11,12)13)15-9(14)16-8-4-2-3-5-8/h7-8H,2-6H2,1H3,(H3,14,15,16).